The number of carbonyl (C=O) groups excluding carboxylic acids is 1. The highest BCUT2D eigenvalue weighted by Gasteiger charge is 2.13. The van der Waals surface area contributed by atoms with Crippen LogP contribution >= 0.6 is 0 Å². The SMILES string of the molecule is C=O.OCc1ccccc1C(O)c1ccc(O)cc1.Oc1ccccc1. The normalized spacial score (nSPS) is 10.5. The second-order valence-corrected chi connectivity index (χ2v) is 5.19. The second kappa shape index (κ2) is 11.4. The van der Waals surface area contributed by atoms with Gasteiger partial charge in [-0.3, -0.25) is 0 Å². The van der Waals surface area contributed by atoms with Gasteiger partial charge in [-0.1, -0.05) is 54.6 Å². The summed E-state index contributed by atoms with van der Waals surface area (Å²) in [4.78, 5) is 8.00. The summed E-state index contributed by atoms with van der Waals surface area (Å²) in [6.07, 6.45) is -0.793. The van der Waals surface area contributed by atoms with Crippen molar-refractivity contribution >= 4 is 6.79 Å². The Balaban J connectivity index is 0.000000313. The maximum atomic E-state index is 10.2. The molecule has 0 aliphatic heterocycles. The molecule has 0 amide bonds. The molecule has 3 aromatic rings. The van der Waals surface area contributed by atoms with Gasteiger partial charge in [-0.05, 0) is 41.0 Å². The monoisotopic (exact) mass is 354 g/mol. The lowest BCUT2D eigenvalue weighted by molar-refractivity contribution is -0.0980. The van der Waals surface area contributed by atoms with Gasteiger partial charge < -0.3 is 25.2 Å². The summed E-state index contributed by atoms with van der Waals surface area (Å²) < 4.78 is 0. The third-order valence-electron chi connectivity index (χ3n) is 3.49. The van der Waals surface area contributed by atoms with Gasteiger partial charge in [0.1, 0.15) is 24.4 Å². The van der Waals surface area contributed by atoms with E-state index in [0.717, 1.165) is 0 Å². The third kappa shape index (κ3) is 6.39. The van der Waals surface area contributed by atoms with Gasteiger partial charge in [0.25, 0.3) is 0 Å². The number of phenolic OH excluding ortho intramolecular Hbond substituents is 2. The highest BCUT2D eigenvalue weighted by molar-refractivity contribution is 5.37. The van der Waals surface area contributed by atoms with Gasteiger partial charge in [-0.25, -0.2) is 0 Å². The average molecular weight is 354 g/mol. The Hall–Kier alpha value is -3.15. The lowest BCUT2D eigenvalue weighted by Crippen LogP contribution is -2.03. The molecular weight excluding hydrogens is 332 g/mol. The van der Waals surface area contributed by atoms with E-state index in [1.54, 1.807) is 48.5 Å². The summed E-state index contributed by atoms with van der Waals surface area (Å²) in [7, 11) is 0. The van der Waals surface area contributed by atoms with Crippen LogP contribution in [0.25, 0.3) is 0 Å². The number of carbonyl (C=O) groups is 1. The van der Waals surface area contributed by atoms with Crippen LogP contribution in [0.1, 0.15) is 22.8 Å². The summed E-state index contributed by atoms with van der Waals surface area (Å²) in [5.74, 6) is 0.485. The summed E-state index contributed by atoms with van der Waals surface area (Å²) >= 11 is 0. The first-order chi connectivity index (χ1) is 12.6. The van der Waals surface area contributed by atoms with Gasteiger partial charge in [0.15, 0.2) is 0 Å². The Morgan fingerprint density at radius 1 is 0.731 bits per heavy atom. The first-order valence-electron chi connectivity index (χ1n) is 7.80. The molecule has 0 radical (unpaired) electrons. The van der Waals surface area contributed by atoms with E-state index in [1.807, 2.05) is 25.0 Å². The fourth-order valence-electron chi connectivity index (χ4n) is 2.21. The number of benzene rings is 3. The molecule has 1 unspecified atom stereocenters. The summed E-state index contributed by atoms with van der Waals surface area (Å²) in [5.41, 5.74) is 2.07. The molecule has 0 aromatic heterocycles. The van der Waals surface area contributed by atoms with Crippen LogP contribution in [0.4, 0.5) is 0 Å². The van der Waals surface area contributed by atoms with Crippen molar-refractivity contribution in [1.82, 2.24) is 0 Å². The van der Waals surface area contributed by atoms with Crippen molar-refractivity contribution < 1.29 is 25.2 Å². The van der Waals surface area contributed by atoms with Crippen molar-refractivity contribution in [3.05, 3.63) is 95.6 Å². The molecule has 5 heteroatoms. The number of aliphatic hydroxyl groups excluding tert-OH is 2. The first-order valence-corrected chi connectivity index (χ1v) is 7.80. The van der Waals surface area contributed by atoms with E-state index in [0.29, 0.717) is 22.4 Å². The molecule has 0 aliphatic carbocycles. The highest BCUT2D eigenvalue weighted by atomic mass is 16.3. The van der Waals surface area contributed by atoms with Gasteiger partial charge in [0, 0.05) is 0 Å². The number of rotatable bonds is 3. The molecule has 3 aromatic carbocycles. The molecule has 0 fully saturated rings. The van der Waals surface area contributed by atoms with Crippen molar-refractivity contribution in [2.24, 2.45) is 0 Å². The van der Waals surface area contributed by atoms with Crippen molar-refractivity contribution in [2.45, 2.75) is 12.7 Å². The molecule has 0 saturated heterocycles. The quantitative estimate of drug-likeness (QED) is 0.579. The second-order valence-electron chi connectivity index (χ2n) is 5.19. The van der Waals surface area contributed by atoms with E-state index in [1.165, 1.54) is 12.1 Å². The summed E-state index contributed by atoms with van der Waals surface area (Å²) in [6.45, 7) is 1.89. The van der Waals surface area contributed by atoms with Crippen LogP contribution < -0.4 is 0 Å². The predicted octanol–water partition coefficient (Wildman–Crippen LogP) is 3.17. The van der Waals surface area contributed by atoms with E-state index in [-0.39, 0.29) is 12.4 Å². The molecule has 0 aliphatic rings. The van der Waals surface area contributed by atoms with Crippen molar-refractivity contribution in [2.75, 3.05) is 0 Å². The van der Waals surface area contributed by atoms with Crippen LogP contribution in [0.3, 0.4) is 0 Å². The minimum Gasteiger partial charge on any atom is -0.508 e. The molecule has 0 bridgehead atoms. The number of hydrogen-bond acceptors (Lipinski definition) is 5. The zero-order valence-corrected chi connectivity index (χ0v) is 14.2. The van der Waals surface area contributed by atoms with Crippen LogP contribution in [0, 0.1) is 0 Å². The van der Waals surface area contributed by atoms with Crippen molar-refractivity contribution in [3.63, 3.8) is 0 Å². The number of aromatic hydroxyl groups is 2. The van der Waals surface area contributed by atoms with Gasteiger partial charge in [0.05, 0.1) is 6.61 Å². The van der Waals surface area contributed by atoms with E-state index in [4.69, 9.17) is 9.90 Å². The number of para-hydroxylation sites is 1. The number of aliphatic hydroxyl groups is 2. The van der Waals surface area contributed by atoms with Gasteiger partial charge >= 0.3 is 0 Å². The Morgan fingerprint density at radius 2 is 1.23 bits per heavy atom. The Morgan fingerprint density at radius 3 is 1.73 bits per heavy atom. The maximum absolute atomic E-state index is 10.2. The summed E-state index contributed by atoms with van der Waals surface area (Å²) in [5, 5.41) is 37.2. The fraction of sp³-hybridized carbons (Fsp3) is 0.0952. The molecule has 0 heterocycles. The van der Waals surface area contributed by atoms with Crippen molar-refractivity contribution in [1.29, 1.82) is 0 Å². The van der Waals surface area contributed by atoms with Crippen LogP contribution in [0.5, 0.6) is 11.5 Å². The van der Waals surface area contributed by atoms with E-state index < -0.39 is 6.10 Å². The van der Waals surface area contributed by atoms with Gasteiger partial charge in [-0.2, -0.15) is 0 Å². The zero-order chi connectivity index (χ0) is 19.4. The molecule has 3 rings (SSSR count). The zero-order valence-electron chi connectivity index (χ0n) is 14.2. The maximum Gasteiger partial charge on any atom is 0.115 e. The number of phenols is 2. The lowest BCUT2D eigenvalue weighted by Gasteiger charge is -2.14. The minimum atomic E-state index is -0.793. The molecule has 0 saturated carbocycles. The molecular formula is C21H22O5. The summed E-state index contributed by atoms with van der Waals surface area (Å²) in [6, 6.07) is 22.3. The smallest absolute Gasteiger partial charge is 0.115 e. The Bertz CT molecular complexity index is 757. The largest absolute Gasteiger partial charge is 0.508 e. The van der Waals surface area contributed by atoms with Crippen LogP contribution in [0.15, 0.2) is 78.9 Å². The number of hydrogen-bond donors (Lipinski definition) is 4. The predicted molar refractivity (Wildman–Crippen MR) is 99.8 cm³/mol. The van der Waals surface area contributed by atoms with Crippen LogP contribution in [-0.4, -0.2) is 27.2 Å². The van der Waals surface area contributed by atoms with E-state index in [2.05, 4.69) is 0 Å². The Labute approximate surface area is 152 Å². The minimum absolute atomic E-state index is 0.106. The standard InChI is InChI=1S/C14H14O3.C6H6O.CH2O/c15-9-11-3-1-2-4-13(11)14(17)10-5-7-12(16)8-6-10;7-6-4-2-1-3-5-6;1-2/h1-8,14-17H,9H2;1-5,7H;1H2. The van der Waals surface area contributed by atoms with Crippen LogP contribution in [0.2, 0.25) is 0 Å². The lowest BCUT2D eigenvalue weighted by atomic mass is 9.97. The van der Waals surface area contributed by atoms with Crippen molar-refractivity contribution in [3.8, 4) is 11.5 Å². The topological polar surface area (TPSA) is 98.0 Å². The molecule has 136 valence electrons. The van der Waals surface area contributed by atoms with E-state index in [9.17, 15) is 15.3 Å². The molecule has 4 N–H and O–H groups in total. The molecule has 5 nitrogen and oxygen atoms in total. The molecule has 26 heavy (non-hydrogen) atoms. The molecule has 0 spiro atoms. The highest BCUT2D eigenvalue weighted by Crippen LogP contribution is 2.26. The Kier molecular flexibility index (Phi) is 9.17. The average Bonchev–Trinajstić information content (AvgIpc) is 2.70. The first kappa shape index (κ1) is 20.9. The van der Waals surface area contributed by atoms with Crippen LogP contribution in [-0.2, 0) is 11.4 Å². The fourth-order valence-corrected chi connectivity index (χ4v) is 2.21. The van der Waals surface area contributed by atoms with E-state index >= 15 is 0 Å². The molecule has 1 atom stereocenters. The van der Waals surface area contributed by atoms with Gasteiger partial charge in [0.2, 0.25) is 0 Å². The third-order valence-corrected chi connectivity index (χ3v) is 3.49. The van der Waals surface area contributed by atoms with Gasteiger partial charge in [-0.15, -0.1) is 0 Å².